The van der Waals surface area contributed by atoms with Crippen LogP contribution in [0.25, 0.3) is 0 Å². The number of carbonyl (C=O) groups is 1. The van der Waals surface area contributed by atoms with Gasteiger partial charge in [0.25, 0.3) is 0 Å². The number of carbonyl (C=O) groups excluding carboxylic acids is 1. The fraction of sp³-hybridized carbons (Fsp3) is 0.696. The molecule has 1 aromatic rings. The molecule has 1 aromatic carbocycles. The van der Waals surface area contributed by atoms with Crippen LogP contribution in [0.2, 0.25) is 0 Å². The number of hydrogen-bond acceptors (Lipinski definition) is 6. The molecule has 1 unspecified atom stereocenters. The Kier molecular flexibility index (Phi) is 6.30. The molecule has 182 valence electrons. The Bertz CT molecular complexity index is 1120. The van der Waals surface area contributed by atoms with Crippen LogP contribution in [0.5, 0.6) is 0 Å². The van der Waals surface area contributed by atoms with E-state index in [1.54, 1.807) is 6.07 Å². The third-order valence-corrected chi connectivity index (χ3v) is 11.1. The summed E-state index contributed by atoms with van der Waals surface area (Å²) in [4.78, 5) is 17.3. The number of piperazine rings is 1. The smallest absolute Gasteiger partial charge is 0.243 e. The fourth-order valence-corrected chi connectivity index (χ4v) is 8.66. The maximum atomic E-state index is 13.2. The number of nitrogens with zero attached hydrogens (tertiary/aromatic N) is 3. The minimum Gasteiger partial charge on any atom is -0.335 e. The maximum absolute atomic E-state index is 13.2. The van der Waals surface area contributed by atoms with E-state index in [-0.39, 0.29) is 36.0 Å². The highest BCUT2D eigenvalue weighted by Crippen LogP contribution is 2.32. The summed E-state index contributed by atoms with van der Waals surface area (Å²) in [5, 5.41) is 0. The summed E-state index contributed by atoms with van der Waals surface area (Å²) in [5.41, 5.74) is 2.42. The molecule has 0 N–H and O–H groups in total. The number of sulfone groups is 1. The van der Waals surface area contributed by atoms with Crippen LogP contribution in [-0.4, -0.2) is 93.2 Å². The van der Waals surface area contributed by atoms with Crippen molar-refractivity contribution in [1.82, 2.24) is 14.1 Å². The van der Waals surface area contributed by atoms with Crippen LogP contribution in [0.15, 0.2) is 23.1 Å². The van der Waals surface area contributed by atoms with Crippen molar-refractivity contribution in [2.45, 2.75) is 61.9 Å². The molecule has 2 aliphatic carbocycles. The Hall–Kier alpha value is -1.49. The Morgan fingerprint density at radius 2 is 1.67 bits per heavy atom. The largest absolute Gasteiger partial charge is 0.335 e. The van der Waals surface area contributed by atoms with Gasteiger partial charge in [-0.15, -0.1) is 0 Å². The lowest BCUT2D eigenvalue weighted by Gasteiger charge is -2.36. The molecule has 2 heterocycles. The van der Waals surface area contributed by atoms with Crippen molar-refractivity contribution in [3.8, 4) is 0 Å². The van der Waals surface area contributed by atoms with E-state index in [4.69, 9.17) is 0 Å². The third-order valence-electron chi connectivity index (χ3n) is 7.48. The highest BCUT2D eigenvalue weighted by Gasteiger charge is 2.42. The predicted molar refractivity (Wildman–Crippen MR) is 125 cm³/mol. The normalized spacial score (nSPS) is 26.1. The molecule has 3 fully saturated rings. The molecule has 10 heteroatoms. The number of fused-ring (bicyclic) bond motifs is 1. The van der Waals surface area contributed by atoms with Crippen LogP contribution in [0.4, 0.5) is 0 Å². The van der Waals surface area contributed by atoms with Gasteiger partial charge in [0.15, 0.2) is 9.84 Å². The first kappa shape index (κ1) is 23.3. The Morgan fingerprint density at radius 3 is 2.30 bits per heavy atom. The fourth-order valence-electron chi connectivity index (χ4n) is 5.47. The van der Waals surface area contributed by atoms with Gasteiger partial charge in [0.1, 0.15) is 0 Å². The highest BCUT2D eigenvalue weighted by atomic mass is 32.2. The molecule has 8 nitrogen and oxygen atoms in total. The van der Waals surface area contributed by atoms with Gasteiger partial charge >= 0.3 is 0 Å². The highest BCUT2D eigenvalue weighted by molar-refractivity contribution is 7.91. The van der Waals surface area contributed by atoms with Gasteiger partial charge in [0.05, 0.1) is 22.9 Å². The van der Waals surface area contributed by atoms with Crippen molar-refractivity contribution < 1.29 is 21.6 Å². The number of sulfonamides is 1. The number of aryl methyl sites for hydroxylation is 2. The van der Waals surface area contributed by atoms with Gasteiger partial charge in [-0.2, -0.15) is 4.31 Å². The van der Waals surface area contributed by atoms with E-state index in [2.05, 4.69) is 0 Å². The van der Waals surface area contributed by atoms with Crippen LogP contribution in [0.3, 0.4) is 0 Å². The molecular weight excluding hydrogens is 462 g/mol. The monoisotopic (exact) mass is 495 g/mol. The van der Waals surface area contributed by atoms with E-state index in [1.165, 1.54) is 9.87 Å². The van der Waals surface area contributed by atoms with Crippen LogP contribution >= 0.6 is 0 Å². The summed E-state index contributed by atoms with van der Waals surface area (Å²) in [5.74, 6) is 0.209. The Balaban J connectivity index is 1.20. The van der Waals surface area contributed by atoms with Crippen molar-refractivity contribution in [3.05, 3.63) is 29.3 Å². The van der Waals surface area contributed by atoms with Gasteiger partial charge < -0.3 is 4.90 Å². The molecule has 2 aliphatic heterocycles. The van der Waals surface area contributed by atoms with E-state index in [0.717, 1.165) is 44.1 Å². The van der Waals surface area contributed by atoms with Crippen LogP contribution in [0, 0.1) is 0 Å². The van der Waals surface area contributed by atoms with E-state index < -0.39 is 19.9 Å². The van der Waals surface area contributed by atoms with Crippen LogP contribution < -0.4 is 0 Å². The van der Waals surface area contributed by atoms with Gasteiger partial charge in [-0.25, -0.2) is 16.8 Å². The van der Waals surface area contributed by atoms with Crippen molar-refractivity contribution >= 4 is 25.8 Å². The Morgan fingerprint density at radius 1 is 0.970 bits per heavy atom. The average molecular weight is 496 g/mol. The van der Waals surface area contributed by atoms with Gasteiger partial charge in [-0.3, -0.25) is 9.69 Å². The summed E-state index contributed by atoms with van der Waals surface area (Å²) >= 11 is 0. The van der Waals surface area contributed by atoms with Crippen LogP contribution in [0.1, 0.15) is 43.2 Å². The molecular formula is C23H33N3O5S2. The van der Waals surface area contributed by atoms with E-state index in [0.29, 0.717) is 37.5 Å². The number of hydrogen-bond donors (Lipinski definition) is 0. The molecule has 0 bridgehead atoms. The molecule has 0 spiro atoms. The summed E-state index contributed by atoms with van der Waals surface area (Å²) in [7, 11) is -6.60. The third kappa shape index (κ3) is 4.99. The molecule has 33 heavy (non-hydrogen) atoms. The van der Waals surface area contributed by atoms with E-state index >= 15 is 0 Å². The zero-order valence-electron chi connectivity index (χ0n) is 19.0. The summed E-state index contributed by atoms with van der Waals surface area (Å²) in [6.07, 6.45) is 6.63. The molecule has 1 saturated carbocycles. The Labute approximate surface area is 196 Å². The lowest BCUT2D eigenvalue weighted by Crippen LogP contribution is -2.53. The van der Waals surface area contributed by atoms with E-state index in [9.17, 15) is 21.6 Å². The van der Waals surface area contributed by atoms with E-state index in [1.807, 2.05) is 21.9 Å². The standard InChI is InChI=1S/C23H33N3O5S2/c27-23(26(20-6-7-20)21-9-14-32(28,29)17-21)16-24-10-12-25(13-11-24)33(30,31)22-8-5-18-3-1-2-4-19(18)15-22/h5,8,15,20-21H,1-4,6-7,9-14,16-17H2. The second-order valence-corrected chi connectivity index (χ2v) is 14.1. The number of benzene rings is 1. The molecule has 1 amide bonds. The summed E-state index contributed by atoms with van der Waals surface area (Å²) in [6, 6.07) is 5.51. The summed E-state index contributed by atoms with van der Waals surface area (Å²) in [6.45, 7) is 1.93. The first-order valence-electron chi connectivity index (χ1n) is 12.1. The predicted octanol–water partition coefficient (Wildman–Crippen LogP) is 1.05. The first-order valence-corrected chi connectivity index (χ1v) is 15.3. The van der Waals surface area contributed by atoms with Crippen molar-refractivity contribution in [1.29, 1.82) is 0 Å². The molecule has 4 aliphatic rings. The van der Waals surface area contributed by atoms with Gasteiger partial charge in [0, 0.05) is 38.3 Å². The number of amides is 1. The van der Waals surface area contributed by atoms with Gasteiger partial charge in [0.2, 0.25) is 15.9 Å². The minimum atomic E-state index is -3.55. The SMILES string of the molecule is O=C(CN1CCN(S(=O)(=O)c2ccc3c(c2)CCCC3)CC1)N(C1CC1)C1CCS(=O)(=O)C1. The second-order valence-electron chi connectivity index (χ2n) is 9.91. The zero-order valence-corrected chi connectivity index (χ0v) is 20.6. The van der Waals surface area contributed by atoms with Crippen molar-refractivity contribution in [2.24, 2.45) is 0 Å². The lowest BCUT2D eigenvalue weighted by atomic mass is 9.92. The molecule has 1 atom stereocenters. The molecule has 5 rings (SSSR count). The van der Waals surface area contributed by atoms with Gasteiger partial charge in [-0.1, -0.05) is 6.07 Å². The first-order chi connectivity index (χ1) is 15.7. The van der Waals surface area contributed by atoms with Gasteiger partial charge in [-0.05, 0) is 68.2 Å². The molecule has 2 saturated heterocycles. The number of rotatable bonds is 6. The topological polar surface area (TPSA) is 95.1 Å². The van der Waals surface area contributed by atoms with Crippen molar-refractivity contribution in [3.63, 3.8) is 0 Å². The average Bonchev–Trinajstić information content (AvgIpc) is 3.56. The van der Waals surface area contributed by atoms with Crippen LogP contribution in [-0.2, 0) is 37.5 Å². The maximum Gasteiger partial charge on any atom is 0.243 e. The quantitative estimate of drug-likeness (QED) is 0.586. The second kappa shape index (κ2) is 8.94. The zero-order chi connectivity index (χ0) is 23.2. The van der Waals surface area contributed by atoms with Crippen molar-refractivity contribution in [2.75, 3.05) is 44.2 Å². The lowest BCUT2D eigenvalue weighted by molar-refractivity contribution is -0.135. The minimum absolute atomic E-state index is 0.0226. The summed E-state index contributed by atoms with van der Waals surface area (Å²) < 4.78 is 51.8. The molecule has 0 aromatic heterocycles. The molecule has 0 radical (unpaired) electrons.